The van der Waals surface area contributed by atoms with Crippen LogP contribution >= 0.6 is 0 Å². The molecule has 3 aromatic rings. The summed E-state index contributed by atoms with van der Waals surface area (Å²) in [6.45, 7) is 2.04. The molecule has 0 heterocycles. The van der Waals surface area contributed by atoms with Crippen molar-refractivity contribution < 1.29 is 18.7 Å². The Morgan fingerprint density at radius 3 is 2.27 bits per heavy atom. The first-order chi connectivity index (χ1) is 18.0. The van der Waals surface area contributed by atoms with Crippen LogP contribution in [0, 0.1) is 12.7 Å². The van der Waals surface area contributed by atoms with Crippen molar-refractivity contribution in [3.05, 3.63) is 101 Å². The van der Waals surface area contributed by atoms with Gasteiger partial charge in [-0.15, -0.1) is 0 Å². The van der Waals surface area contributed by atoms with Crippen LogP contribution in [0.4, 0.5) is 4.39 Å². The van der Waals surface area contributed by atoms with E-state index >= 15 is 0 Å². The molecule has 0 bridgehead atoms. The highest BCUT2D eigenvalue weighted by Gasteiger charge is 2.32. The Morgan fingerprint density at radius 2 is 1.59 bits per heavy atom. The molecule has 1 atom stereocenters. The van der Waals surface area contributed by atoms with Crippen LogP contribution in [0.3, 0.4) is 0 Å². The van der Waals surface area contributed by atoms with Gasteiger partial charge in [0.05, 0.1) is 0 Å². The smallest absolute Gasteiger partial charge is 0.261 e. The monoisotopic (exact) mass is 502 g/mol. The van der Waals surface area contributed by atoms with E-state index in [1.54, 1.807) is 4.90 Å². The molecule has 3 aromatic carbocycles. The van der Waals surface area contributed by atoms with E-state index in [0.29, 0.717) is 12.2 Å². The molecular weight excluding hydrogens is 467 g/mol. The summed E-state index contributed by atoms with van der Waals surface area (Å²) in [5, 5.41) is 3.23. The van der Waals surface area contributed by atoms with E-state index in [0.717, 1.165) is 42.4 Å². The van der Waals surface area contributed by atoms with Crippen LogP contribution in [-0.4, -0.2) is 35.4 Å². The lowest BCUT2D eigenvalue weighted by atomic mass is 9.94. The van der Waals surface area contributed by atoms with Crippen LogP contribution in [0.15, 0.2) is 78.9 Å². The van der Waals surface area contributed by atoms with E-state index in [4.69, 9.17) is 4.74 Å². The van der Waals surface area contributed by atoms with Gasteiger partial charge < -0.3 is 15.0 Å². The highest BCUT2D eigenvalue weighted by molar-refractivity contribution is 5.88. The zero-order valence-corrected chi connectivity index (χ0v) is 21.4. The maximum atomic E-state index is 13.7. The SMILES string of the molecule is Cc1ccc(CN(C(=O)COc2ccc(F)cc2)[C@H](Cc2ccccc2)C(=O)NC2CCCCC2)cc1. The molecule has 0 aromatic heterocycles. The minimum absolute atomic E-state index is 0.131. The molecule has 4 rings (SSSR count). The second-order valence-electron chi connectivity index (χ2n) is 9.80. The van der Waals surface area contributed by atoms with Crippen LogP contribution in [0.2, 0.25) is 0 Å². The summed E-state index contributed by atoms with van der Waals surface area (Å²) in [5.41, 5.74) is 3.04. The quantitative estimate of drug-likeness (QED) is 0.393. The van der Waals surface area contributed by atoms with Gasteiger partial charge in [0.25, 0.3) is 5.91 Å². The Hall–Kier alpha value is -3.67. The van der Waals surface area contributed by atoms with E-state index in [9.17, 15) is 14.0 Å². The summed E-state index contributed by atoms with van der Waals surface area (Å²) < 4.78 is 19.0. The van der Waals surface area contributed by atoms with Gasteiger partial charge in [-0.3, -0.25) is 9.59 Å². The van der Waals surface area contributed by atoms with Gasteiger partial charge in [0.2, 0.25) is 5.91 Å². The summed E-state index contributed by atoms with van der Waals surface area (Å²) in [6.07, 6.45) is 5.72. The predicted octanol–water partition coefficient (Wildman–Crippen LogP) is 5.60. The molecule has 0 saturated heterocycles. The number of aryl methyl sites for hydroxylation is 1. The molecule has 194 valence electrons. The van der Waals surface area contributed by atoms with Gasteiger partial charge in [-0.05, 0) is 55.2 Å². The number of ether oxygens (including phenoxy) is 1. The van der Waals surface area contributed by atoms with E-state index in [1.807, 2.05) is 61.5 Å². The minimum Gasteiger partial charge on any atom is -0.484 e. The highest BCUT2D eigenvalue weighted by Crippen LogP contribution is 2.20. The lowest BCUT2D eigenvalue weighted by Gasteiger charge is -2.33. The molecule has 2 amide bonds. The Bertz CT molecular complexity index is 1140. The second-order valence-corrected chi connectivity index (χ2v) is 9.80. The van der Waals surface area contributed by atoms with E-state index in [-0.39, 0.29) is 36.8 Å². The van der Waals surface area contributed by atoms with Gasteiger partial charge in [-0.1, -0.05) is 79.4 Å². The van der Waals surface area contributed by atoms with Gasteiger partial charge in [0, 0.05) is 19.0 Å². The maximum absolute atomic E-state index is 13.7. The Labute approximate surface area is 218 Å². The van der Waals surface area contributed by atoms with Crippen molar-refractivity contribution in [1.29, 1.82) is 0 Å². The topological polar surface area (TPSA) is 58.6 Å². The van der Waals surface area contributed by atoms with Gasteiger partial charge in [0.15, 0.2) is 6.61 Å². The van der Waals surface area contributed by atoms with E-state index in [2.05, 4.69) is 5.32 Å². The average molecular weight is 503 g/mol. The van der Waals surface area contributed by atoms with Crippen LogP contribution in [-0.2, 0) is 22.6 Å². The minimum atomic E-state index is -0.699. The second kappa shape index (κ2) is 13.0. The van der Waals surface area contributed by atoms with Crippen molar-refractivity contribution in [2.45, 2.75) is 64.1 Å². The third kappa shape index (κ3) is 7.91. The fourth-order valence-corrected chi connectivity index (χ4v) is 4.75. The zero-order valence-electron chi connectivity index (χ0n) is 21.4. The number of nitrogens with one attached hydrogen (secondary N) is 1. The fraction of sp³-hybridized carbons (Fsp3) is 0.355. The van der Waals surface area contributed by atoms with Crippen LogP contribution in [0.25, 0.3) is 0 Å². The van der Waals surface area contributed by atoms with Crippen molar-refractivity contribution in [3.63, 3.8) is 0 Å². The van der Waals surface area contributed by atoms with Gasteiger partial charge in [-0.2, -0.15) is 0 Å². The molecule has 0 radical (unpaired) electrons. The lowest BCUT2D eigenvalue weighted by molar-refractivity contribution is -0.143. The van der Waals surface area contributed by atoms with Crippen LogP contribution < -0.4 is 10.1 Å². The van der Waals surface area contributed by atoms with Crippen molar-refractivity contribution in [2.75, 3.05) is 6.61 Å². The Balaban J connectivity index is 1.59. The van der Waals surface area contributed by atoms with Gasteiger partial charge in [-0.25, -0.2) is 4.39 Å². The number of carbonyl (C=O) groups excluding carboxylic acids is 2. The van der Waals surface area contributed by atoms with Crippen molar-refractivity contribution in [2.24, 2.45) is 0 Å². The molecule has 1 aliphatic carbocycles. The third-order valence-electron chi connectivity index (χ3n) is 6.87. The first-order valence-corrected chi connectivity index (χ1v) is 13.1. The number of benzene rings is 3. The molecule has 1 fully saturated rings. The molecule has 0 aliphatic heterocycles. The molecule has 0 unspecified atom stereocenters. The summed E-state index contributed by atoms with van der Waals surface area (Å²) in [7, 11) is 0. The summed E-state index contributed by atoms with van der Waals surface area (Å²) in [6, 6.07) is 22.7. The normalized spacial score (nSPS) is 14.5. The highest BCUT2D eigenvalue weighted by atomic mass is 19.1. The summed E-state index contributed by atoms with van der Waals surface area (Å²) in [4.78, 5) is 29.0. The number of halogens is 1. The molecular formula is C31H35FN2O3. The number of hydrogen-bond acceptors (Lipinski definition) is 3. The molecule has 6 heteroatoms. The van der Waals surface area contributed by atoms with E-state index in [1.165, 1.54) is 30.7 Å². The van der Waals surface area contributed by atoms with Gasteiger partial charge in [0.1, 0.15) is 17.6 Å². The van der Waals surface area contributed by atoms with Gasteiger partial charge >= 0.3 is 0 Å². The summed E-state index contributed by atoms with van der Waals surface area (Å²) in [5.74, 6) is -0.416. The summed E-state index contributed by atoms with van der Waals surface area (Å²) >= 11 is 0. The maximum Gasteiger partial charge on any atom is 0.261 e. The van der Waals surface area contributed by atoms with Crippen LogP contribution in [0.5, 0.6) is 5.75 Å². The molecule has 0 spiro atoms. The molecule has 5 nitrogen and oxygen atoms in total. The number of hydrogen-bond donors (Lipinski definition) is 1. The lowest BCUT2D eigenvalue weighted by Crippen LogP contribution is -2.53. The Kier molecular flexibility index (Phi) is 9.30. The number of amides is 2. The largest absolute Gasteiger partial charge is 0.484 e. The number of nitrogens with zero attached hydrogens (tertiary/aromatic N) is 1. The number of carbonyl (C=O) groups is 2. The molecule has 1 aliphatic rings. The first-order valence-electron chi connectivity index (χ1n) is 13.1. The van der Waals surface area contributed by atoms with Crippen molar-refractivity contribution in [3.8, 4) is 5.75 Å². The Morgan fingerprint density at radius 1 is 0.919 bits per heavy atom. The fourth-order valence-electron chi connectivity index (χ4n) is 4.75. The van der Waals surface area contributed by atoms with Crippen molar-refractivity contribution in [1.82, 2.24) is 10.2 Å². The molecule has 1 N–H and O–H groups in total. The molecule has 1 saturated carbocycles. The molecule has 37 heavy (non-hydrogen) atoms. The van der Waals surface area contributed by atoms with E-state index < -0.39 is 6.04 Å². The standard InChI is InChI=1S/C31H35FN2O3/c1-23-12-14-25(15-13-23)21-34(30(35)22-37-28-18-16-26(32)17-19-28)29(20-24-8-4-2-5-9-24)31(36)33-27-10-6-3-7-11-27/h2,4-5,8-9,12-19,27,29H,3,6-7,10-11,20-22H2,1H3,(H,33,36)/t29-/m1/s1. The third-order valence-corrected chi connectivity index (χ3v) is 6.87. The van der Waals surface area contributed by atoms with Crippen molar-refractivity contribution >= 4 is 11.8 Å². The average Bonchev–Trinajstić information content (AvgIpc) is 2.92. The zero-order chi connectivity index (χ0) is 26.0. The first kappa shape index (κ1) is 26.4. The predicted molar refractivity (Wildman–Crippen MR) is 143 cm³/mol. The number of rotatable bonds is 10. The van der Waals surface area contributed by atoms with Crippen LogP contribution in [0.1, 0.15) is 48.8 Å².